The normalized spacial score (nSPS) is 30.9. The Kier molecular flexibility index (Phi) is 6.05. The lowest BCUT2D eigenvalue weighted by Gasteiger charge is -2.32. The van der Waals surface area contributed by atoms with E-state index in [9.17, 15) is 4.79 Å². The lowest BCUT2D eigenvalue weighted by molar-refractivity contribution is -0.138. The third kappa shape index (κ3) is 3.12. The van der Waals surface area contributed by atoms with E-state index in [-0.39, 0.29) is 36.8 Å². The van der Waals surface area contributed by atoms with Crippen molar-refractivity contribution < 1.29 is 4.79 Å². The number of hydrogen-bond donors (Lipinski definition) is 1. The van der Waals surface area contributed by atoms with Crippen molar-refractivity contribution in [1.82, 2.24) is 4.90 Å². The van der Waals surface area contributed by atoms with Gasteiger partial charge in [-0.25, -0.2) is 0 Å². The number of nitrogens with two attached hydrogens (primary N) is 1. The van der Waals surface area contributed by atoms with Gasteiger partial charge in [-0.1, -0.05) is 18.2 Å². The quantitative estimate of drug-likeness (QED) is 0.825. The minimum Gasteiger partial charge on any atom is -0.373 e. The molecule has 4 atom stereocenters. The minimum atomic E-state index is 0. The van der Waals surface area contributed by atoms with Crippen LogP contribution in [0.3, 0.4) is 0 Å². The summed E-state index contributed by atoms with van der Waals surface area (Å²) in [5.41, 5.74) is 8.86. The van der Waals surface area contributed by atoms with E-state index in [1.54, 1.807) is 0 Å². The second-order valence-electron chi connectivity index (χ2n) is 7.25. The van der Waals surface area contributed by atoms with Crippen molar-refractivity contribution in [2.45, 2.75) is 31.8 Å². The number of fused-ring (bicyclic) bond motifs is 3. The Balaban J connectivity index is 0.00000104. The molecule has 2 bridgehead atoms. The molecule has 3 aliphatic rings. The number of carbonyl (C=O) groups is 1. The molecule has 1 heterocycles. The average molecular weight is 372 g/mol. The number of likely N-dealkylation sites (N-methyl/N-ethyl adjacent to an activating group) is 1. The molecule has 4 rings (SSSR count). The zero-order chi connectivity index (χ0) is 15.3. The van der Waals surface area contributed by atoms with Crippen LogP contribution >= 0.6 is 24.8 Å². The molecule has 4 nitrogen and oxygen atoms in total. The van der Waals surface area contributed by atoms with Crippen LogP contribution in [0.15, 0.2) is 24.3 Å². The number of halogens is 2. The Labute approximate surface area is 156 Å². The summed E-state index contributed by atoms with van der Waals surface area (Å²) in [6.07, 6.45) is 3.59. The highest BCUT2D eigenvalue weighted by atomic mass is 35.5. The van der Waals surface area contributed by atoms with Gasteiger partial charge < -0.3 is 15.5 Å². The molecule has 4 unspecified atom stereocenters. The molecular formula is C18H27Cl2N3O. The Morgan fingerprint density at radius 2 is 1.83 bits per heavy atom. The van der Waals surface area contributed by atoms with Crippen LogP contribution in [-0.4, -0.2) is 37.0 Å². The van der Waals surface area contributed by atoms with Gasteiger partial charge >= 0.3 is 0 Å². The number of carbonyl (C=O) groups excluding carboxylic acids is 1. The van der Waals surface area contributed by atoms with Crippen LogP contribution in [0.25, 0.3) is 0 Å². The molecule has 1 aromatic carbocycles. The number of nitrogens with zero attached hydrogens (tertiary/aromatic N) is 2. The predicted octanol–water partition coefficient (Wildman–Crippen LogP) is 2.68. The maximum atomic E-state index is 13.1. The second kappa shape index (κ2) is 7.51. The van der Waals surface area contributed by atoms with Crippen LogP contribution < -0.4 is 10.6 Å². The van der Waals surface area contributed by atoms with Crippen molar-refractivity contribution in [3.05, 3.63) is 29.8 Å². The van der Waals surface area contributed by atoms with E-state index in [2.05, 4.69) is 36.2 Å². The van der Waals surface area contributed by atoms with E-state index in [1.165, 1.54) is 30.5 Å². The largest absolute Gasteiger partial charge is 0.373 e. The Morgan fingerprint density at radius 3 is 2.54 bits per heavy atom. The fraction of sp³-hybridized carbons (Fsp3) is 0.611. The van der Waals surface area contributed by atoms with E-state index in [0.29, 0.717) is 17.7 Å². The van der Waals surface area contributed by atoms with Crippen molar-refractivity contribution in [2.75, 3.05) is 25.0 Å². The van der Waals surface area contributed by atoms with Crippen LogP contribution in [0.4, 0.5) is 5.69 Å². The van der Waals surface area contributed by atoms with Gasteiger partial charge in [0, 0.05) is 38.4 Å². The monoisotopic (exact) mass is 371 g/mol. The number of amides is 1. The molecule has 0 radical (unpaired) electrons. The van der Waals surface area contributed by atoms with E-state index in [4.69, 9.17) is 5.73 Å². The highest BCUT2D eigenvalue weighted by molar-refractivity contribution is 5.85. The molecule has 0 aromatic heterocycles. The van der Waals surface area contributed by atoms with E-state index in [1.807, 2.05) is 4.90 Å². The minimum absolute atomic E-state index is 0. The van der Waals surface area contributed by atoms with Gasteiger partial charge in [0.15, 0.2) is 0 Å². The molecule has 1 amide bonds. The van der Waals surface area contributed by atoms with Crippen LogP contribution in [0, 0.1) is 17.8 Å². The van der Waals surface area contributed by atoms with Gasteiger partial charge in [0.05, 0.1) is 5.92 Å². The molecule has 2 saturated carbocycles. The van der Waals surface area contributed by atoms with Gasteiger partial charge in [-0.2, -0.15) is 0 Å². The Hall–Kier alpha value is -0.970. The molecular weight excluding hydrogens is 345 g/mol. The Bertz CT molecular complexity index is 595. The molecule has 2 N–H and O–H groups in total. The summed E-state index contributed by atoms with van der Waals surface area (Å²) in [6, 6.07) is 8.50. The lowest BCUT2D eigenvalue weighted by Crippen LogP contribution is -2.47. The number of para-hydroxylation sites is 1. The van der Waals surface area contributed by atoms with Crippen molar-refractivity contribution in [3.8, 4) is 0 Å². The zero-order valence-electron chi connectivity index (χ0n) is 14.1. The smallest absolute Gasteiger partial charge is 0.227 e. The fourth-order valence-corrected chi connectivity index (χ4v) is 4.79. The number of anilines is 1. The molecule has 6 heteroatoms. The Morgan fingerprint density at radius 1 is 1.12 bits per heavy atom. The summed E-state index contributed by atoms with van der Waals surface area (Å²) in [6.45, 7) is 2.41. The molecule has 2 aliphatic carbocycles. The molecule has 24 heavy (non-hydrogen) atoms. The van der Waals surface area contributed by atoms with Gasteiger partial charge in [-0.15, -0.1) is 24.8 Å². The predicted molar refractivity (Wildman–Crippen MR) is 102 cm³/mol. The van der Waals surface area contributed by atoms with Crippen molar-refractivity contribution in [3.63, 3.8) is 0 Å². The molecule has 1 aromatic rings. The SMILES string of the molecule is CN1CCN(C(=O)C2C3CCC(C3)C2N)Cc2ccccc21.Cl.Cl. The maximum Gasteiger partial charge on any atom is 0.227 e. The third-order valence-corrected chi connectivity index (χ3v) is 6.05. The van der Waals surface area contributed by atoms with Crippen molar-refractivity contribution >= 4 is 36.4 Å². The first-order chi connectivity index (χ1) is 10.6. The number of rotatable bonds is 1. The van der Waals surface area contributed by atoms with Crippen molar-refractivity contribution in [2.24, 2.45) is 23.5 Å². The fourth-order valence-electron chi connectivity index (χ4n) is 4.79. The molecule has 0 saturated heterocycles. The van der Waals surface area contributed by atoms with E-state index >= 15 is 0 Å². The van der Waals surface area contributed by atoms with E-state index < -0.39 is 0 Å². The molecule has 1 aliphatic heterocycles. The summed E-state index contributed by atoms with van der Waals surface area (Å²) in [5.74, 6) is 1.48. The van der Waals surface area contributed by atoms with Gasteiger partial charge in [0.1, 0.15) is 0 Å². The molecule has 134 valence electrons. The van der Waals surface area contributed by atoms with Crippen LogP contribution in [0.1, 0.15) is 24.8 Å². The third-order valence-electron chi connectivity index (χ3n) is 6.05. The first kappa shape index (κ1) is 19.4. The summed E-state index contributed by atoms with van der Waals surface area (Å²) in [4.78, 5) is 17.4. The van der Waals surface area contributed by atoms with Crippen LogP contribution in [0.2, 0.25) is 0 Å². The van der Waals surface area contributed by atoms with Gasteiger partial charge in [0.2, 0.25) is 5.91 Å². The highest BCUT2D eigenvalue weighted by Crippen LogP contribution is 2.48. The van der Waals surface area contributed by atoms with E-state index in [0.717, 1.165) is 19.6 Å². The topological polar surface area (TPSA) is 49.6 Å². The number of benzene rings is 1. The lowest BCUT2D eigenvalue weighted by atomic mass is 9.84. The highest BCUT2D eigenvalue weighted by Gasteiger charge is 2.50. The van der Waals surface area contributed by atoms with Gasteiger partial charge in [-0.3, -0.25) is 4.79 Å². The first-order valence-corrected chi connectivity index (χ1v) is 8.48. The van der Waals surface area contributed by atoms with Crippen LogP contribution in [0.5, 0.6) is 0 Å². The summed E-state index contributed by atoms with van der Waals surface area (Å²) >= 11 is 0. The van der Waals surface area contributed by atoms with Gasteiger partial charge in [0.25, 0.3) is 0 Å². The summed E-state index contributed by atoms with van der Waals surface area (Å²) in [5, 5.41) is 0. The van der Waals surface area contributed by atoms with Gasteiger partial charge in [-0.05, 0) is 42.7 Å². The zero-order valence-corrected chi connectivity index (χ0v) is 15.7. The van der Waals surface area contributed by atoms with Crippen LogP contribution in [-0.2, 0) is 11.3 Å². The standard InChI is InChI=1S/C18H25N3O.2ClH/c1-20-8-9-21(11-14-4-2-3-5-15(14)20)18(22)16-12-6-7-13(10-12)17(16)19;;/h2-5,12-13,16-17H,6-11,19H2,1H3;2*1H. The summed E-state index contributed by atoms with van der Waals surface area (Å²) in [7, 11) is 2.11. The molecule has 2 fully saturated rings. The average Bonchev–Trinajstić information content (AvgIpc) is 3.07. The van der Waals surface area contributed by atoms with Crippen molar-refractivity contribution in [1.29, 1.82) is 0 Å². The maximum absolute atomic E-state index is 13.1. The summed E-state index contributed by atoms with van der Waals surface area (Å²) < 4.78 is 0. The molecule has 0 spiro atoms. The second-order valence-corrected chi connectivity index (χ2v) is 7.25. The number of hydrogen-bond acceptors (Lipinski definition) is 3. The first-order valence-electron chi connectivity index (χ1n) is 8.48.